The van der Waals surface area contributed by atoms with Gasteiger partial charge in [0.25, 0.3) is 0 Å². The van der Waals surface area contributed by atoms with E-state index in [0.29, 0.717) is 6.61 Å². The fourth-order valence-electron chi connectivity index (χ4n) is 0.998. The lowest BCUT2D eigenvalue weighted by Gasteiger charge is -2.20. The third kappa shape index (κ3) is 5.02. The predicted molar refractivity (Wildman–Crippen MR) is 58.7 cm³/mol. The molecule has 0 heterocycles. The lowest BCUT2D eigenvalue weighted by atomic mass is 10.0. The van der Waals surface area contributed by atoms with Gasteiger partial charge in [-0.2, -0.15) is 0 Å². The molecule has 0 spiro atoms. The molecule has 0 aromatic carbocycles. The van der Waals surface area contributed by atoms with E-state index in [1.807, 2.05) is 13.8 Å². The zero-order valence-electron chi connectivity index (χ0n) is 9.54. The van der Waals surface area contributed by atoms with E-state index in [4.69, 9.17) is 16.3 Å². The predicted octanol–water partition coefficient (Wildman–Crippen LogP) is 1.32. The van der Waals surface area contributed by atoms with E-state index in [2.05, 4.69) is 5.32 Å². The number of esters is 1. The Bertz CT molecular complexity index is 229. The molecular formula is C10H18ClNO3. The number of carbonyl (C=O) groups excluding carboxylic acids is 2. The van der Waals surface area contributed by atoms with Crippen molar-refractivity contribution in [3.8, 4) is 0 Å². The van der Waals surface area contributed by atoms with Crippen molar-refractivity contribution in [2.75, 3.05) is 6.61 Å². The Balaban J connectivity index is 4.41. The zero-order chi connectivity index (χ0) is 12.0. The highest BCUT2D eigenvalue weighted by atomic mass is 35.5. The number of nitrogens with one attached hydrogen (secondary N) is 1. The molecule has 0 aliphatic carbocycles. The fourth-order valence-corrected chi connectivity index (χ4v) is 1.06. The van der Waals surface area contributed by atoms with Crippen molar-refractivity contribution in [2.45, 2.75) is 39.1 Å². The van der Waals surface area contributed by atoms with Crippen LogP contribution in [0, 0.1) is 5.92 Å². The zero-order valence-corrected chi connectivity index (χ0v) is 10.3. The number of alkyl halides is 1. The molecule has 88 valence electrons. The third-order valence-electron chi connectivity index (χ3n) is 1.87. The van der Waals surface area contributed by atoms with E-state index in [0.717, 1.165) is 0 Å². The monoisotopic (exact) mass is 235 g/mol. The van der Waals surface area contributed by atoms with Gasteiger partial charge in [-0.15, -0.1) is 11.6 Å². The normalized spacial score (nSPS) is 14.5. The molecule has 1 amide bonds. The molecule has 0 aliphatic heterocycles. The van der Waals surface area contributed by atoms with E-state index < -0.39 is 17.4 Å². The minimum absolute atomic E-state index is 0.0246. The Morgan fingerprint density at radius 2 is 1.87 bits per heavy atom. The van der Waals surface area contributed by atoms with Crippen LogP contribution in [-0.4, -0.2) is 29.9 Å². The molecule has 2 unspecified atom stereocenters. The number of carbonyl (C=O) groups is 2. The Hall–Kier alpha value is -0.770. The van der Waals surface area contributed by atoms with Gasteiger partial charge in [0.05, 0.1) is 6.61 Å². The highest BCUT2D eigenvalue weighted by Crippen LogP contribution is 2.05. The molecule has 0 aromatic rings. The van der Waals surface area contributed by atoms with Gasteiger partial charge >= 0.3 is 5.97 Å². The SMILES string of the molecule is CCOC(=O)C(NC(=O)C(C)Cl)C(C)C. The molecule has 1 N–H and O–H groups in total. The molecule has 0 saturated heterocycles. The van der Waals surface area contributed by atoms with E-state index in [9.17, 15) is 9.59 Å². The first-order valence-electron chi connectivity index (χ1n) is 5.01. The van der Waals surface area contributed by atoms with E-state index >= 15 is 0 Å². The highest BCUT2D eigenvalue weighted by Gasteiger charge is 2.26. The van der Waals surface area contributed by atoms with Gasteiger partial charge in [-0.25, -0.2) is 4.79 Å². The van der Waals surface area contributed by atoms with Crippen molar-refractivity contribution < 1.29 is 14.3 Å². The van der Waals surface area contributed by atoms with Crippen LogP contribution in [0.3, 0.4) is 0 Å². The quantitative estimate of drug-likeness (QED) is 0.578. The molecule has 5 heteroatoms. The van der Waals surface area contributed by atoms with Crippen LogP contribution in [0.25, 0.3) is 0 Å². The van der Waals surface area contributed by atoms with E-state index in [1.54, 1.807) is 13.8 Å². The average molecular weight is 236 g/mol. The summed E-state index contributed by atoms with van der Waals surface area (Å²) in [6.07, 6.45) is 0. The molecule has 0 aliphatic rings. The van der Waals surface area contributed by atoms with Crippen LogP contribution in [0.15, 0.2) is 0 Å². The Kier molecular flexibility index (Phi) is 6.32. The summed E-state index contributed by atoms with van der Waals surface area (Å²) >= 11 is 5.59. The first kappa shape index (κ1) is 14.2. The first-order chi connectivity index (χ1) is 6.90. The van der Waals surface area contributed by atoms with E-state index in [-0.39, 0.29) is 11.8 Å². The van der Waals surface area contributed by atoms with Gasteiger partial charge in [0, 0.05) is 0 Å². The molecule has 0 aromatic heterocycles. The number of amides is 1. The number of hydrogen-bond donors (Lipinski definition) is 1. The van der Waals surface area contributed by atoms with Gasteiger partial charge in [-0.05, 0) is 19.8 Å². The molecule has 4 nitrogen and oxygen atoms in total. The molecule has 0 rings (SSSR count). The summed E-state index contributed by atoms with van der Waals surface area (Å²) in [7, 11) is 0. The lowest BCUT2D eigenvalue weighted by Crippen LogP contribution is -2.47. The van der Waals surface area contributed by atoms with Crippen LogP contribution in [0.2, 0.25) is 0 Å². The molecule has 2 atom stereocenters. The number of halogens is 1. The van der Waals surface area contributed by atoms with Crippen molar-refractivity contribution in [3.63, 3.8) is 0 Å². The van der Waals surface area contributed by atoms with Crippen LogP contribution >= 0.6 is 11.6 Å². The van der Waals surface area contributed by atoms with Gasteiger partial charge < -0.3 is 10.1 Å². The summed E-state index contributed by atoms with van der Waals surface area (Å²) in [6, 6.07) is -0.626. The minimum atomic E-state index is -0.652. The summed E-state index contributed by atoms with van der Waals surface area (Å²) in [5.74, 6) is -0.801. The Morgan fingerprint density at radius 3 is 2.20 bits per heavy atom. The average Bonchev–Trinajstić information content (AvgIpc) is 2.13. The Labute approximate surface area is 95.3 Å². The molecule has 0 bridgehead atoms. The van der Waals surface area contributed by atoms with Crippen molar-refractivity contribution in [3.05, 3.63) is 0 Å². The minimum Gasteiger partial charge on any atom is -0.464 e. The van der Waals surface area contributed by atoms with E-state index in [1.165, 1.54) is 0 Å². The van der Waals surface area contributed by atoms with Gasteiger partial charge in [-0.3, -0.25) is 4.79 Å². The second-order valence-corrected chi connectivity index (χ2v) is 4.25. The van der Waals surface area contributed by atoms with Crippen molar-refractivity contribution >= 4 is 23.5 Å². The summed E-state index contributed by atoms with van der Waals surface area (Å²) in [5.41, 5.74) is 0. The second kappa shape index (κ2) is 6.67. The van der Waals surface area contributed by atoms with Crippen molar-refractivity contribution in [1.29, 1.82) is 0 Å². The van der Waals surface area contributed by atoms with Gasteiger partial charge in [0.15, 0.2) is 0 Å². The lowest BCUT2D eigenvalue weighted by molar-refractivity contribution is -0.148. The van der Waals surface area contributed by atoms with Crippen LogP contribution in [-0.2, 0) is 14.3 Å². The van der Waals surface area contributed by atoms with Gasteiger partial charge in [0.2, 0.25) is 5.91 Å². The maximum atomic E-state index is 11.5. The second-order valence-electron chi connectivity index (χ2n) is 3.60. The Morgan fingerprint density at radius 1 is 1.33 bits per heavy atom. The third-order valence-corrected chi connectivity index (χ3v) is 2.06. The fraction of sp³-hybridized carbons (Fsp3) is 0.800. The molecule has 15 heavy (non-hydrogen) atoms. The number of ether oxygens (including phenoxy) is 1. The van der Waals surface area contributed by atoms with Crippen LogP contribution in [0.4, 0.5) is 0 Å². The van der Waals surface area contributed by atoms with Crippen LogP contribution in [0.1, 0.15) is 27.7 Å². The number of hydrogen-bond acceptors (Lipinski definition) is 3. The maximum Gasteiger partial charge on any atom is 0.328 e. The smallest absolute Gasteiger partial charge is 0.328 e. The van der Waals surface area contributed by atoms with Gasteiger partial charge in [0.1, 0.15) is 11.4 Å². The largest absolute Gasteiger partial charge is 0.464 e. The van der Waals surface area contributed by atoms with Crippen molar-refractivity contribution in [1.82, 2.24) is 5.32 Å². The van der Waals surface area contributed by atoms with Gasteiger partial charge in [-0.1, -0.05) is 13.8 Å². The van der Waals surface area contributed by atoms with Crippen LogP contribution < -0.4 is 5.32 Å². The molecule has 0 fully saturated rings. The summed E-state index contributed by atoms with van der Waals surface area (Å²) in [6.45, 7) is 7.25. The highest BCUT2D eigenvalue weighted by molar-refractivity contribution is 6.30. The standard InChI is InChI=1S/C10H18ClNO3/c1-5-15-10(14)8(6(2)3)12-9(13)7(4)11/h6-8H,5H2,1-4H3,(H,12,13). The van der Waals surface area contributed by atoms with Crippen molar-refractivity contribution in [2.24, 2.45) is 5.92 Å². The first-order valence-corrected chi connectivity index (χ1v) is 5.44. The maximum absolute atomic E-state index is 11.5. The molecule has 0 radical (unpaired) electrons. The molecule has 0 saturated carbocycles. The number of rotatable bonds is 5. The topological polar surface area (TPSA) is 55.4 Å². The summed E-state index contributed by atoms with van der Waals surface area (Å²) in [4.78, 5) is 22.8. The summed E-state index contributed by atoms with van der Waals surface area (Å²) in [5, 5.41) is 1.90. The molecular weight excluding hydrogens is 218 g/mol. The van der Waals surface area contributed by atoms with Crippen LogP contribution in [0.5, 0.6) is 0 Å². The summed E-state index contributed by atoms with van der Waals surface area (Å²) < 4.78 is 4.85.